The van der Waals surface area contributed by atoms with Crippen LogP contribution in [0.5, 0.6) is 0 Å². The van der Waals surface area contributed by atoms with Gasteiger partial charge in [0.25, 0.3) is 0 Å². The minimum atomic E-state index is -1.03. The standard InChI is InChI=1S/C12H22N2O5/c1-3-13(5-7-18-4-2)12(17)14-6-8-19-9-10(14)11(15)16/h10H,3-9H2,1-2H3,(H,15,16). The van der Waals surface area contributed by atoms with Crippen LogP contribution < -0.4 is 0 Å². The zero-order valence-electron chi connectivity index (χ0n) is 11.5. The Morgan fingerprint density at radius 2 is 2.21 bits per heavy atom. The quantitative estimate of drug-likeness (QED) is 0.702. The molecule has 1 aliphatic rings. The molecule has 2 amide bonds. The summed E-state index contributed by atoms with van der Waals surface area (Å²) in [5, 5.41) is 9.11. The van der Waals surface area contributed by atoms with Gasteiger partial charge < -0.3 is 24.4 Å². The van der Waals surface area contributed by atoms with Crippen molar-refractivity contribution in [2.45, 2.75) is 19.9 Å². The van der Waals surface area contributed by atoms with Crippen LogP contribution in [0.4, 0.5) is 4.79 Å². The van der Waals surface area contributed by atoms with E-state index >= 15 is 0 Å². The van der Waals surface area contributed by atoms with E-state index in [1.54, 1.807) is 4.90 Å². The molecule has 0 radical (unpaired) electrons. The number of carboxylic acids is 1. The summed E-state index contributed by atoms with van der Waals surface area (Å²) < 4.78 is 10.3. The van der Waals surface area contributed by atoms with E-state index in [1.807, 2.05) is 13.8 Å². The lowest BCUT2D eigenvalue weighted by Crippen LogP contribution is -2.56. The third-order valence-electron chi connectivity index (χ3n) is 3.02. The summed E-state index contributed by atoms with van der Waals surface area (Å²) in [6.45, 7) is 6.52. The Morgan fingerprint density at radius 1 is 1.47 bits per heavy atom. The largest absolute Gasteiger partial charge is 0.480 e. The van der Waals surface area contributed by atoms with Gasteiger partial charge in [-0.15, -0.1) is 0 Å². The first-order valence-electron chi connectivity index (χ1n) is 6.55. The monoisotopic (exact) mass is 274 g/mol. The Labute approximate surface area is 113 Å². The Morgan fingerprint density at radius 3 is 2.79 bits per heavy atom. The molecule has 7 nitrogen and oxygen atoms in total. The normalized spacial score (nSPS) is 19.3. The van der Waals surface area contributed by atoms with Gasteiger partial charge in [0.15, 0.2) is 6.04 Å². The molecule has 0 aromatic heterocycles. The van der Waals surface area contributed by atoms with Gasteiger partial charge >= 0.3 is 12.0 Å². The Balaban J connectivity index is 2.63. The van der Waals surface area contributed by atoms with Crippen molar-refractivity contribution in [1.29, 1.82) is 0 Å². The van der Waals surface area contributed by atoms with Gasteiger partial charge in [-0.1, -0.05) is 0 Å². The molecule has 0 saturated carbocycles. The van der Waals surface area contributed by atoms with Crippen LogP contribution in [0.15, 0.2) is 0 Å². The summed E-state index contributed by atoms with van der Waals surface area (Å²) in [6.07, 6.45) is 0. The molecule has 1 saturated heterocycles. The smallest absolute Gasteiger partial charge is 0.328 e. The number of nitrogens with zero attached hydrogens (tertiary/aromatic N) is 2. The van der Waals surface area contributed by atoms with Crippen LogP contribution in [0.25, 0.3) is 0 Å². The number of carbonyl (C=O) groups is 2. The number of likely N-dealkylation sites (N-methyl/N-ethyl adjacent to an activating group) is 1. The van der Waals surface area contributed by atoms with E-state index in [9.17, 15) is 9.59 Å². The average Bonchev–Trinajstić information content (AvgIpc) is 2.43. The molecular formula is C12H22N2O5. The van der Waals surface area contributed by atoms with Crippen molar-refractivity contribution in [3.63, 3.8) is 0 Å². The fourth-order valence-electron chi connectivity index (χ4n) is 1.93. The second-order valence-corrected chi connectivity index (χ2v) is 4.18. The topological polar surface area (TPSA) is 79.3 Å². The summed E-state index contributed by atoms with van der Waals surface area (Å²) in [5.74, 6) is -1.03. The van der Waals surface area contributed by atoms with E-state index in [0.717, 1.165) is 0 Å². The van der Waals surface area contributed by atoms with Gasteiger partial charge in [0.2, 0.25) is 0 Å². The highest BCUT2D eigenvalue weighted by molar-refractivity contribution is 5.83. The number of rotatable bonds is 6. The molecule has 1 fully saturated rings. The Bertz CT molecular complexity index is 310. The van der Waals surface area contributed by atoms with Gasteiger partial charge in [-0.25, -0.2) is 9.59 Å². The van der Waals surface area contributed by atoms with Gasteiger partial charge in [0.05, 0.1) is 19.8 Å². The van der Waals surface area contributed by atoms with Gasteiger partial charge in [0, 0.05) is 26.2 Å². The maximum Gasteiger partial charge on any atom is 0.328 e. The highest BCUT2D eigenvalue weighted by Gasteiger charge is 2.34. The van der Waals surface area contributed by atoms with E-state index in [1.165, 1.54) is 4.90 Å². The highest BCUT2D eigenvalue weighted by Crippen LogP contribution is 2.10. The number of urea groups is 1. The lowest BCUT2D eigenvalue weighted by atomic mass is 10.2. The van der Waals surface area contributed by atoms with Gasteiger partial charge in [0.1, 0.15) is 0 Å². The Hall–Kier alpha value is -1.34. The Kier molecular flexibility index (Phi) is 6.58. The maximum absolute atomic E-state index is 12.3. The number of amides is 2. The number of hydrogen-bond acceptors (Lipinski definition) is 4. The van der Waals surface area contributed by atoms with Crippen LogP contribution in [0.2, 0.25) is 0 Å². The molecule has 0 aromatic carbocycles. The predicted octanol–water partition coefficient (Wildman–Crippen LogP) is 0.250. The summed E-state index contributed by atoms with van der Waals surface area (Å²) >= 11 is 0. The zero-order chi connectivity index (χ0) is 14.3. The zero-order valence-corrected chi connectivity index (χ0v) is 11.5. The lowest BCUT2D eigenvalue weighted by Gasteiger charge is -2.36. The summed E-state index contributed by atoms with van der Waals surface area (Å²) in [4.78, 5) is 26.4. The first kappa shape index (κ1) is 15.7. The summed E-state index contributed by atoms with van der Waals surface area (Å²) in [5.41, 5.74) is 0. The van der Waals surface area contributed by atoms with Crippen LogP contribution >= 0.6 is 0 Å². The molecule has 1 atom stereocenters. The van der Waals surface area contributed by atoms with Crippen molar-refractivity contribution in [3.8, 4) is 0 Å². The number of carbonyl (C=O) groups excluding carboxylic acids is 1. The highest BCUT2D eigenvalue weighted by atomic mass is 16.5. The second-order valence-electron chi connectivity index (χ2n) is 4.18. The first-order valence-corrected chi connectivity index (χ1v) is 6.55. The van der Waals surface area contributed by atoms with E-state index in [0.29, 0.717) is 39.5 Å². The third kappa shape index (κ3) is 4.36. The molecule has 1 aliphatic heterocycles. The minimum Gasteiger partial charge on any atom is -0.480 e. The minimum absolute atomic E-state index is 0.0457. The van der Waals surface area contributed by atoms with Crippen LogP contribution in [0.1, 0.15) is 13.8 Å². The van der Waals surface area contributed by atoms with E-state index in [-0.39, 0.29) is 12.6 Å². The molecule has 1 unspecified atom stereocenters. The molecule has 0 aliphatic carbocycles. The number of aliphatic carboxylic acids is 1. The average molecular weight is 274 g/mol. The van der Waals surface area contributed by atoms with Gasteiger partial charge in [-0.3, -0.25) is 0 Å². The van der Waals surface area contributed by atoms with Crippen molar-refractivity contribution in [3.05, 3.63) is 0 Å². The van der Waals surface area contributed by atoms with Gasteiger partial charge in [-0.2, -0.15) is 0 Å². The summed E-state index contributed by atoms with van der Waals surface area (Å²) in [7, 11) is 0. The predicted molar refractivity (Wildman–Crippen MR) is 68.1 cm³/mol. The fourth-order valence-corrected chi connectivity index (χ4v) is 1.93. The maximum atomic E-state index is 12.3. The molecule has 1 N–H and O–H groups in total. The van der Waals surface area contributed by atoms with Crippen LogP contribution in [-0.4, -0.2) is 79.0 Å². The van der Waals surface area contributed by atoms with Gasteiger partial charge in [-0.05, 0) is 13.8 Å². The molecule has 0 spiro atoms. The lowest BCUT2D eigenvalue weighted by molar-refractivity contribution is -0.147. The number of ether oxygens (including phenoxy) is 2. The van der Waals surface area contributed by atoms with Crippen molar-refractivity contribution in [2.24, 2.45) is 0 Å². The van der Waals surface area contributed by atoms with Crippen molar-refractivity contribution >= 4 is 12.0 Å². The van der Waals surface area contributed by atoms with Crippen molar-refractivity contribution < 1.29 is 24.2 Å². The third-order valence-corrected chi connectivity index (χ3v) is 3.02. The van der Waals surface area contributed by atoms with Crippen molar-refractivity contribution in [1.82, 2.24) is 9.80 Å². The molecule has 0 aromatic rings. The van der Waals surface area contributed by atoms with Crippen LogP contribution in [0.3, 0.4) is 0 Å². The van der Waals surface area contributed by atoms with Crippen LogP contribution in [-0.2, 0) is 14.3 Å². The van der Waals surface area contributed by atoms with Crippen molar-refractivity contribution in [2.75, 3.05) is 46.1 Å². The van der Waals surface area contributed by atoms with E-state index < -0.39 is 12.0 Å². The number of hydrogen-bond donors (Lipinski definition) is 1. The molecule has 1 rings (SSSR count). The number of morpholine rings is 1. The van der Waals surface area contributed by atoms with E-state index in [2.05, 4.69) is 0 Å². The molecule has 19 heavy (non-hydrogen) atoms. The molecule has 1 heterocycles. The fraction of sp³-hybridized carbons (Fsp3) is 0.833. The molecular weight excluding hydrogens is 252 g/mol. The first-order chi connectivity index (χ1) is 9.11. The summed E-state index contributed by atoms with van der Waals surface area (Å²) in [6, 6.07) is -1.17. The SMILES string of the molecule is CCOCCN(CC)C(=O)N1CCOCC1C(=O)O. The molecule has 7 heteroatoms. The van der Waals surface area contributed by atoms with Crippen LogP contribution in [0, 0.1) is 0 Å². The number of carboxylic acid groups (broad SMARTS) is 1. The second kappa shape index (κ2) is 7.96. The van der Waals surface area contributed by atoms with E-state index in [4.69, 9.17) is 14.6 Å². The molecule has 110 valence electrons. The molecule has 0 bridgehead atoms.